The van der Waals surface area contributed by atoms with Gasteiger partial charge in [0.15, 0.2) is 11.5 Å². The zero-order chi connectivity index (χ0) is 21.7. The third-order valence-corrected chi connectivity index (χ3v) is 7.21. The van der Waals surface area contributed by atoms with Crippen molar-refractivity contribution in [3.8, 4) is 11.5 Å². The van der Waals surface area contributed by atoms with Crippen LogP contribution in [0.1, 0.15) is 30.9 Å². The van der Waals surface area contributed by atoms with Crippen LogP contribution < -0.4 is 20.3 Å². The number of nitrogens with one attached hydrogen (secondary N) is 2. The summed E-state index contributed by atoms with van der Waals surface area (Å²) in [7, 11) is 0.210. The van der Waals surface area contributed by atoms with Gasteiger partial charge in [-0.2, -0.15) is 0 Å². The van der Waals surface area contributed by atoms with Crippen LogP contribution in [0.15, 0.2) is 47.4 Å². The number of hydrogen-bond acceptors (Lipinski definition) is 6. The molecule has 30 heavy (non-hydrogen) atoms. The summed E-state index contributed by atoms with van der Waals surface area (Å²) in [4.78, 5) is -0.424. The Hall–Kier alpha value is -2.20. The van der Waals surface area contributed by atoms with Gasteiger partial charge < -0.3 is 9.47 Å². The lowest BCUT2D eigenvalue weighted by Crippen LogP contribution is -2.32. The quantitative estimate of drug-likeness (QED) is 0.628. The third-order valence-electron chi connectivity index (χ3n) is 5.34. The van der Waals surface area contributed by atoms with Gasteiger partial charge in [-0.15, -0.1) is 0 Å². The fraction of sp³-hybridized carbons (Fsp3) is 0.429. The number of hydrazine groups is 1. The topological polar surface area (TPSA) is 79.9 Å². The van der Waals surface area contributed by atoms with Crippen LogP contribution in [0.5, 0.6) is 11.5 Å². The maximum absolute atomic E-state index is 14.4. The van der Waals surface area contributed by atoms with Gasteiger partial charge in [-0.05, 0) is 24.8 Å². The smallest absolute Gasteiger partial charge is 0.245 e. The lowest BCUT2D eigenvalue weighted by molar-refractivity contribution is 0.349. The standard InChI is InChI=1S/C21H28FN3O4S/c1-25(30(26,27)21-14-20(29-3)19(28-2)13-17(21)22)11-7-10-16-12-18(24-23-16)15-8-5-4-6-9-15/h4-6,8-9,13-14,16,18,23-24H,7,10-12H2,1-3H3. The molecule has 2 atom stereocenters. The van der Waals surface area contributed by atoms with Crippen LogP contribution in [0.2, 0.25) is 0 Å². The van der Waals surface area contributed by atoms with Crippen LogP contribution >= 0.6 is 0 Å². The van der Waals surface area contributed by atoms with Gasteiger partial charge in [-0.3, -0.25) is 10.9 Å². The van der Waals surface area contributed by atoms with Crippen molar-refractivity contribution in [3.05, 3.63) is 53.8 Å². The van der Waals surface area contributed by atoms with E-state index in [2.05, 4.69) is 23.0 Å². The second kappa shape index (κ2) is 9.74. The molecule has 2 aromatic carbocycles. The van der Waals surface area contributed by atoms with Gasteiger partial charge in [-0.25, -0.2) is 17.1 Å². The van der Waals surface area contributed by atoms with Crippen molar-refractivity contribution < 1.29 is 22.3 Å². The summed E-state index contributed by atoms with van der Waals surface area (Å²) in [6, 6.07) is 12.8. The summed E-state index contributed by atoms with van der Waals surface area (Å²) in [5, 5.41) is 0. The van der Waals surface area contributed by atoms with Crippen LogP contribution in [-0.2, 0) is 10.0 Å². The number of sulfonamides is 1. The molecule has 1 saturated heterocycles. The van der Waals surface area contributed by atoms with E-state index in [1.807, 2.05) is 18.2 Å². The molecule has 0 amide bonds. The van der Waals surface area contributed by atoms with Gasteiger partial charge in [0.25, 0.3) is 0 Å². The van der Waals surface area contributed by atoms with E-state index in [9.17, 15) is 12.8 Å². The maximum Gasteiger partial charge on any atom is 0.245 e. The van der Waals surface area contributed by atoms with Crippen molar-refractivity contribution in [3.63, 3.8) is 0 Å². The number of nitrogens with zero attached hydrogens (tertiary/aromatic N) is 1. The Bertz CT molecular complexity index is 956. The van der Waals surface area contributed by atoms with Gasteiger partial charge >= 0.3 is 0 Å². The van der Waals surface area contributed by atoms with E-state index in [-0.39, 0.29) is 30.1 Å². The Balaban J connectivity index is 1.58. The maximum atomic E-state index is 14.4. The molecule has 2 unspecified atom stereocenters. The molecule has 0 spiro atoms. The first-order valence-corrected chi connectivity index (χ1v) is 11.2. The molecular formula is C21H28FN3O4S. The van der Waals surface area contributed by atoms with Crippen molar-refractivity contribution in [1.29, 1.82) is 0 Å². The molecule has 0 aliphatic carbocycles. The van der Waals surface area contributed by atoms with Gasteiger partial charge in [0.2, 0.25) is 10.0 Å². The second-order valence-electron chi connectivity index (χ2n) is 7.29. The molecule has 1 aliphatic heterocycles. The van der Waals surface area contributed by atoms with E-state index in [1.165, 1.54) is 31.1 Å². The number of methoxy groups -OCH3 is 2. The van der Waals surface area contributed by atoms with Crippen LogP contribution in [0.25, 0.3) is 0 Å². The minimum Gasteiger partial charge on any atom is -0.493 e. The van der Waals surface area contributed by atoms with E-state index in [1.54, 1.807) is 0 Å². The molecule has 0 bridgehead atoms. The summed E-state index contributed by atoms with van der Waals surface area (Å²) < 4.78 is 51.4. The SMILES string of the molecule is COc1cc(F)c(S(=O)(=O)N(C)CCCC2CC(c3ccccc3)NN2)cc1OC. The Morgan fingerprint density at radius 3 is 2.43 bits per heavy atom. The van der Waals surface area contributed by atoms with E-state index in [0.717, 1.165) is 25.0 Å². The van der Waals surface area contributed by atoms with Gasteiger partial charge in [0.1, 0.15) is 10.7 Å². The predicted octanol–water partition coefficient (Wildman–Crippen LogP) is 2.85. The minimum absolute atomic E-state index is 0.143. The molecule has 7 nitrogen and oxygen atoms in total. The van der Waals surface area contributed by atoms with Crippen LogP contribution in [0, 0.1) is 5.82 Å². The normalized spacial score (nSPS) is 19.2. The number of ether oxygens (including phenoxy) is 2. The van der Waals surface area contributed by atoms with E-state index in [4.69, 9.17) is 9.47 Å². The zero-order valence-corrected chi connectivity index (χ0v) is 18.2. The fourth-order valence-electron chi connectivity index (χ4n) is 3.60. The Morgan fingerprint density at radius 2 is 1.77 bits per heavy atom. The lowest BCUT2D eigenvalue weighted by atomic mass is 10.00. The van der Waals surface area contributed by atoms with Crippen molar-refractivity contribution in [2.75, 3.05) is 27.8 Å². The van der Waals surface area contributed by atoms with Crippen molar-refractivity contribution in [2.45, 2.75) is 36.2 Å². The second-order valence-corrected chi connectivity index (χ2v) is 9.30. The van der Waals surface area contributed by atoms with Crippen LogP contribution in [0.4, 0.5) is 4.39 Å². The Morgan fingerprint density at radius 1 is 1.10 bits per heavy atom. The molecule has 0 radical (unpaired) electrons. The summed E-state index contributed by atoms with van der Waals surface area (Å²) in [5.74, 6) is -0.560. The highest BCUT2D eigenvalue weighted by Gasteiger charge is 2.28. The highest BCUT2D eigenvalue weighted by Crippen LogP contribution is 2.33. The van der Waals surface area contributed by atoms with Gasteiger partial charge in [-0.1, -0.05) is 30.3 Å². The highest BCUT2D eigenvalue weighted by atomic mass is 32.2. The monoisotopic (exact) mass is 437 g/mol. The molecule has 3 rings (SSSR count). The molecule has 164 valence electrons. The van der Waals surface area contributed by atoms with E-state index in [0.29, 0.717) is 6.42 Å². The van der Waals surface area contributed by atoms with Gasteiger partial charge in [0.05, 0.1) is 14.2 Å². The highest BCUT2D eigenvalue weighted by molar-refractivity contribution is 7.89. The summed E-state index contributed by atoms with van der Waals surface area (Å²) in [6.07, 6.45) is 2.36. The molecule has 1 heterocycles. The molecule has 2 aromatic rings. The average Bonchev–Trinajstić information content (AvgIpc) is 3.22. The Kier molecular flexibility index (Phi) is 7.30. The first-order chi connectivity index (χ1) is 14.4. The summed E-state index contributed by atoms with van der Waals surface area (Å²) in [6.45, 7) is 0.282. The van der Waals surface area contributed by atoms with Crippen LogP contribution in [-0.4, -0.2) is 46.6 Å². The summed E-state index contributed by atoms with van der Waals surface area (Å²) >= 11 is 0. The largest absolute Gasteiger partial charge is 0.493 e. The number of benzene rings is 2. The molecule has 9 heteroatoms. The van der Waals surface area contributed by atoms with E-state index < -0.39 is 20.7 Å². The Labute approximate surface area is 177 Å². The fourth-order valence-corrected chi connectivity index (χ4v) is 4.86. The van der Waals surface area contributed by atoms with Gasteiger partial charge in [0, 0.05) is 37.8 Å². The minimum atomic E-state index is -3.99. The van der Waals surface area contributed by atoms with Crippen LogP contribution in [0.3, 0.4) is 0 Å². The first kappa shape index (κ1) is 22.5. The molecule has 1 aliphatic rings. The average molecular weight is 438 g/mol. The van der Waals surface area contributed by atoms with Crippen molar-refractivity contribution >= 4 is 10.0 Å². The third kappa shape index (κ3) is 4.92. The summed E-state index contributed by atoms with van der Waals surface area (Å²) in [5.41, 5.74) is 7.79. The van der Waals surface area contributed by atoms with Crippen molar-refractivity contribution in [1.82, 2.24) is 15.2 Å². The molecule has 1 fully saturated rings. The molecule has 0 aromatic heterocycles. The van der Waals surface area contributed by atoms with Crippen molar-refractivity contribution in [2.24, 2.45) is 0 Å². The number of halogens is 1. The molecular weight excluding hydrogens is 409 g/mol. The molecule has 0 saturated carbocycles. The first-order valence-electron chi connectivity index (χ1n) is 9.80. The number of rotatable bonds is 9. The number of hydrogen-bond donors (Lipinski definition) is 2. The van der Waals surface area contributed by atoms with E-state index >= 15 is 0 Å². The lowest BCUT2D eigenvalue weighted by Gasteiger charge is -2.19. The molecule has 2 N–H and O–H groups in total. The predicted molar refractivity (Wildman–Crippen MR) is 112 cm³/mol. The zero-order valence-electron chi connectivity index (χ0n) is 17.4.